The van der Waals surface area contributed by atoms with E-state index in [1.807, 2.05) is 0 Å². The van der Waals surface area contributed by atoms with Crippen LogP contribution in [0.4, 0.5) is 10.6 Å². The SMILES string of the molecule is CC(C)(C)OC(=O)NCCC#Cc1ncc(Cl)nc1N. The summed E-state index contributed by atoms with van der Waals surface area (Å²) in [5.74, 6) is 5.78. The third kappa shape index (κ3) is 6.25. The highest BCUT2D eigenvalue weighted by Crippen LogP contribution is 2.08. The van der Waals surface area contributed by atoms with Crippen LogP contribution in [0.1, 0.15) is 32.9 Å². The zero-order chi connectivity index (χ0) is 15.2. The Hall–Kier alpha value is -2.00. The number of ether oxygens (including phenoxy) is 1. The van der Waals surface area contributed by atoms with Crippen LogP contribution in [-0.4, -0.2) is 28.2 Å². The van der Waals surface area contributed by atoms with Crippen LogP contribution in [-0.2, 0) is 4.74 Å². The first kappa shape index (κ1) is 16.1. The largest absolute Gasteiger partial charge is 0.444 e. The number of nitrogen functional groups attached to an aromatic ring is 1. The van der Waals surface area contributed by atoms with Gasteiger partial charge in [0.05, 0.1) is 6.20 Å². The van der Waals surface area contributed by atoms with Gasteiger partial charge in [-0.1, -0.05) is 17.5 Å². The van der Waals surface area contributed by atoms with Crippen LogP contribution < -0.4 is 11.1 Å². The lowest BCUT2D eigenvalue weighted by Crippen LogP contribution is -2.32. The number of nitrogens with two attached hydrogens (primary N) is 1. The van der Waals surface area contributed by atoms with Crippen molar-refractivity contribution in [1.29, 1.82) is 0 Å². The maximum absolute atomic E-state index is 11.3. The van der Waals surface area contributed by atoms with Crippen molar-refractivity contribution in [2.75, 3.05) is 12.3 Å². The lowest BCUT2D eigenvalue weighted by atomic mass is 10.2. The van der Waals surface area contributed by atoms with E-state index in [0.29, 0.717) is 18.7 Å². The molecule has 0 bridgehead atoms. The van der Waals surface area contributed by atoms with Gasteiger partial charge in [0, 0.05) is 13.0 Å². The quantitative estimate of drug-likeness (QED) is 0.643. The molecular formula is C13H17ClN4O2. The van der Waals surface area contributed by atoms with Crippen LogP contribution in [0.25, 0.3) is 0 Å². The summed E-state index contributed by atoms with van der Waals surface area (Å²) >= 11 is 5.63. The number of hydrogen-bond donors (Lipinski definition) is 2. The number of aromatic nitrogens is 2. The molecule has 0 aromatic carbocycles. The highest BCUT2D eigenvalue weighted by Gasteiger charge is 2.15. The number of rotatable bonds is 2. The highest BCUT2D eigenvalue weighted by atomic mass is 35.5. The molecule has 0 fully saturated rings. The fourth-order valence-corrected chi connectivity index (χ4v) is 1.30. The number of nitrogens with zero attached hydrogens (tertiary/aromatic N) is 2. The second kappa shape index (κ2) is 6.96. The standard InChI is InChI=1S/C13H17ClN4O2/c1-13(2,3)20-12(19)16-7-5-4-6-9-11(15)18-10(14)8-17-9/h8H,5,7H2,1-3H3,(H2,15,18)(H,16,19). The van der Waals surface area contributed by atoms with Gasteiger partial charge in [0.1, 0.15) is 10.8 Å². The Kier molecular flexibility index (Phi) is 5.59. The number of carbonyl (C=O) groups excluding carboxylic acids is 1. The highest BCUT2D eigenvalue weighted by molar-refractivity contribution is 6.29. The van der Waals surface area contributed by atoms with E-state index in [-0.39, 0.29) is 11.0 Å². The van der Waals surface area contributed by atoms with Crippen molar-refractivity contribution in [3.05, 3.63) is 17.0 Å². The Morgan fingerprint density at radius 3 is 2.85 bits per heavy atom. The van der Waals surface area contributed by atoms with Crippen molar-refractivity contribution >= 4 is 23.5 Å². The molecule has 0 radical (unpaired) electrons. The average Bonchev–Trinajstić information content (AvgIpc) is 2.28. The summed E-state index contributed by atoms with van der Waals surface area (Å²) in [6.45, 7) is 5.78. The van der Waals surface area contributed by atoms with Crippen molar-refractivity contribution in [3.8, 4) is 11.8 Å². The van der Waals surface area contributed by atoms with E-state index in [1.54, 1.807) is 20.8 Å². The van der Waals surface area contributed by atoms with Crippen LogP contribution in [0.2, 0.25) is 5.15 Å². The lowest BCUT2D eigenvalue weighted by Gasteiger charge is -2.19. The molecule has 0 aliphatic rings. The topological polar surface area (TPSA) is 90.1 Å². The van der Waals surface area contributed by atoms with Crippen molar-refractivity contribution in [2.24, 2.45) is 0 Å². The Bertz CT molecular complexity index is 544. The number of anilines is 1. The first-order valence-electron chi connectivity index (χ1n) is 6.01. The second-order valence-corrected chi connectivity index (χ2v) is 5.29. The van der Waals surface area contributed by atoms with Gasteiger partial charge in [0.15, 0.2) is 11.5 Å². The molecule has 7 heteroatoms. The van der Waals surface area contributed by atoms with E-state index in [2.05, 4.69) is 27.1 Å². The minimum Gasteiger partial charge on any atom is -0.444 e. The summed E-state index contributed by atoms with van der Waals surface area (Å²) in [7, 11) is 0. The Morgan fingerprint density at radius 2 is 2.25 bits per heavy atom. The van der Waals surface area contributed by atoms with E-state index in [4.69, 9.17) is 22.1 Å². The molecule has 6 nitrogen and oxygen atoms in total. The molecule has 0 unspecified atom stereocenters. The molecule has 0 spiro atoms. The molecule has 108 valence electrons. The molecule has 1 amide bonds. The fourth-order valence-electron chi connectivity index (χ4n) is 1.16. The van der Waals surface area contributed by atoms with Crippen molar-refractivity contribution in [1.82, 2.24) is 15.3 Å². The Labute approximate surface area is 123 Å². The number of alkyl carbamates (subject to hydrolysis) is 1. The maximum atomic E-state index is 11.3. The van der Waals surface area contributed by atoms with Gasteiger partial charge in [-0.3, -0.25) is 0 Å². The van der Waals surface area contributed by atoms with Crippen molar-refractivity contribution in [2.45, 2.75) is 32.8 Å². The molecular weight excluding hydrogens is 280 g/mol. The molecule has 0 atom stereocenters. The summed E-state index contributed by atoms with van der Waals surface area (Å²) in [5.41, 5.74) is 5.46. The molecule has 0 aliphatic heterocycles. The fraction of sp³-hybridized carbons (Fsp3) is 0.462. The zero-order valence-corrected chi connectivity index (χ0v) is 12.4. The monoisotopic (exact) mass is 296 g/mol. The van der Waals surface area contributed by atoms with Crippen LogP contribution in [0.15, 0.2) is 6.20 Å². The third-order valence-electron chi connectivity index (χ3n) is 1.90. The number of halogens is 1. The normalized spacial score (nSPS) is 10.4. The molecule has 1 aromatic rings. The van der Waals surface area contributed by atoms with Gasteiger partial charge in [-0.15, -0.1) is 0 Å². The van der Waals surface area contributed by atoms with Gasteiger partial charge in [-0.2, -0.15) is 0 Å². The number of amides is 1. The zero-order valence-electron chi connectivity index (χ0n) is 11.7. The first-order chi connectivity index (χ1) is 9.28. The predicted octanol–water partition coefficient (Wildman–Crippen LogP) is 1.98. The van der Waals surface area contributed by atoms with E-state index in [9.17, 15) is 4.79 Å². The Balaban J connectivity index is 2.38. The minimum atomic E-state index is -0.511. The maximum Gasteiger partial charge on any atom is 0.407 e. The summed E-state index contributed by atoms with van der Waals surface area (Å²) in [4.78, 5) is 19.1. The van der Waals surface area contributed by atoms with Crippen LogP contribution in [0.3, 0.4) is 0 Å². The molecule has 0 saturated carbocycles. The minimum absolute atomic E-state index is 0.185. The lowest BCUT2D eigenvalue weighted by molar-refractivity contribution is 0.0529. The summed E-state index contributed by atoms with van der Waals surface area (Å²) < 4.78 is 5.08. The predicted molar refractivity (Wildman–Crippen MR) is 77.2 cm³/mol. The molecule has 20 heavy (non-hydrogen) atoms. The van der Waals surface area contributed by atoms with Gasteiger partial charge < -0.3 is 15.8 Å². The van der Waals surface area contributed by atoms with E-state index >= 15 is 0 Å². The number of carbonyl (C=O) groups is 1. The molecule has 1 aromatic heterocycles. The first-order valence-corrected chi connectivity index (χ1v) is 6.39. The van der Waals surface area contributed by atoms with Crippen molar-refractivity contribution < 1.29 is 9.53 Å². The average molecular weight is 297 g/mol. The van der Waals surface area contributed by atoms with E-state index in [0.717, 1.165) is 0 Å². The molecule has 1 heterocycles. The van der Waals surface area contributed by atoms with Gasteiger partial charge in [0.2, 0.25) is 0 Å². The molecule has 3 N–H and O–H groups in total. The van der Waals surface area contributed by atoms with Gasteiger partial charge in [-0.25, -0.2) is 14.8 Å². The second-order valence-electron chi connectivity index (χ2n) is 4.91. The van der Waals surface area contributed by atoms with E-state index in [1.165, 1.54) is 6.20 Å². The number of nitrogens with one attached hydrogen (secondary N) is 1. The summed E-state index contributed by atoms with van der Waals surface area (Å²) in [5, 5.41) is 2.82. The van der Waals surface area contributed by atoms with Crippen LogP contribution >= 0.6 is 11.6 Å². The molecule has 0 saturated heterocycles. The van der Waals surface area contributed by atoms with Crippen molar-refractivity contribution in [3.63, 3.8) is 0 Å². The number of hydrogen-bond acceptors (Lipinski definition) is 5. The Morgan fingerprint density at radius 1 is 1.55 bits per heavy atom. The van der Waals surface area contributed by atoms with Gasteiger partial charge >= 0.3 is 6.09 Å². The molecule has 0 aliphatic carbocycles. The smallest absolute Gasteiger partial charge is 0.407 e. The summed E-state index contributed by atoms with van der Waals surface area (Å²) in [6.07, 6.45) is 1.36. The van der Waals surface area contributed by atoms with E-state index < -0.39 is 11.7 Å². The van der Waals surface area contributed by atoms with Gasteiger partial charge in [0.25, 0.3) is 0 Å². The van der Waals surface area contributed by atoms with Gasteiger partial charge in [-0.05, 0) is 26.7 Å². The van der Waals surface area contributed by atoms with Crippen LogP contribution in [0.5, 0.6) is 0 Å². The summed E-state index contributed by atoms with van der Waals surface area (Å²) in [6, 6.07) is 0. The molecule has 1 rings (SSSR count). The third-order valence-corrected chi connectivity index (χ3v) is 2.08. The van der Waals surface area contributed by atoms with Crippen LogP contribution in [0, 0.1) is 11.8 Å².